The van der Waals surface area contributed by atoms with E-state index in [4.69, 9.17) is 4.74 Å². The zero-order chi connectivity index (χ0) is 13.4. The van der Waals surface area contributed by atoms with Crippen LogP contribution < -0.4 is 10.1 Å². The van der Waals surface area contributed by atoms with Gasteiger partial charge in [0.15, 0.2) is 0 Å². The van der Waals surface area contributed by atoms with Crippen molar-refractivity contribution in [2.75, 3.05) is 20.3 Å². The molecule has 0 bridgehead atoms. The van der Waals surface area contributed by atoms with Gasteiger partial charge in [-0.2, -0.15) is 0 Å². The van der Waals surface area contributed by atoms with Gasteiger partial charge in [-0.15, -0.1) is 0 Å². The van der Waals surface area contributed by atoms with Crippen LogP contribution in [-0.4, -0.2) is 30.9 Å². The standard InChI is InChI=1S/C15H25NO2/c1-13-8-4-5-9-14(13)18-11-7-6-10-15(2,12-17)16-3/h4-5,8-9,16-17H,6-7,10-12H2,1-3H3. The molecule has 0 spiro atoms. The number of nitrogens with one attached hydrogen (secondary N) is 1. The van der Waals surface area contributed by atoms with Crippen molar-refractivity contribution in [2.45, 2.75) is 38.6 Å². The predicted octanol–water partition coefficient (Wildman–Crippen LogP) is 2.51. The summed E-state index contributed by atoms with van der Waals surface area (Å²) in [4.78, 5) is 0. The molecular formula is C15H25NO2. The smallest absolute Gasteiger partial charge is 0.122 e. The Bertz CT molecular complexity index is 348. The average Bonchev–Trinajstić information content (AvgIpc) is 2.40. The van der Waals surface area contributed by atoms with E-state index in [1.54, 1.807) is 0 Å². The number of aryl methyl sites for hydroxylation is 1. The molecule has 0 heterocycles. The van der Waals surface area contributed by atoms with Crippen molar-refractivity contribution in [2.24, 2.45) is 0 Å². The maximum atomic E-state index is 9.26. The minimum Gasteiger partial charge on any atom is -0.493 e. The molecule has 0 aliphatic rings. The predicted molar refractivity (Wildman–Crippen MR) is 75.1 cm³/mol. The minimum absolute atomic E-state index is 0.164. The maximum absolute atomic E-state index is 9.26. The van der Waals surface area contributed by atoms with Crippen molar-refractivity contribution >= 4 is 0 Å². The van der Waals surface area contributed by atoms with Gasteiger partial charge in [0.2, 0.25) is 0 Å². The summed E-state index contributed by atoms with van der Waals surface area (Å²) in [5, 5.41) is 12.4. The summed E-state index contributed by atoms with van der Waals surface area (Å²) in [7, 11) is 1.89. The van der Waals surface area contributed by atoms with Crippen LogP contribution in [0.2, 0.25) is 0 Å². The molecular weight excluding hydrogens is 226 g/mol. The van der Waals surface area contributed by atoms with E-state index < -0.39 is 0 Å². The molecule has 1 unspecified atom stereocenters. The Labute approximate surface area is 110 Å². The first-order valence-corrected chi connectivity index (χ1v) is 6.59. The quantitative estimate of drug-likeness (QED) is 0.698. The van der Waals surface area contributed by atoms with Crippen molar-refractivity contribution in [3.8, 4) is 5.75 Å². The highest BCUT2D eigenvalue weighted by Crippen LogP contribution is 2.17. The molecule has 3 heteroatoms. The molecule has 0 aromatic heterocycles. The molecule has 0 radical (unpaired) electrons. The molecule has 3 nitrogen and oxygen atoms in total. The Hall–Kier alpha value is -1.06. The van der Waals surface area contributed by atoms with Crippen LogP contribution in [-0.2, 0) is 0 Å². The topological polar surface area (TPSA) is 41.5 Å². The van der Waals surface area contributed by atoms with E-state index in [-0.39, 0.29) is 12.1 Å². The number of rotatable bonds is 8. The summed E-state index contributed by atoms with van der Waals surface area (Å²) in [6.45, 7) is 4.99. The molecule has 0 fully saturated rings. The van der Waals surface area contributed by atoms with E-state index in [2.05, 4.69) is 18.3 Å². The molecule has 0 amide bonds. The normalized spacial score (nSPS) is 14.2. The van der Waals surface area contributed by atoms with Crippen LogP contribution in [0.4, 0.5) is 0 Å². The lowest BCUT2D eigenvalue weighted by Gasteiger charge is -2.26. The number of benzene rings is 1. The van der Waals surface area contributed by atoms with E-state index in [1.165, 1.54) is 5.56 Å². The highest BCUT2D eigenvalue weighted by molar-refractivity contribution is 5.31. The Morgan fingerprint density at radius 2 is 2.00 bits per heavy atom. The van der Waals surface area contributed by atoms with Crippen LogP contribution in [0.15, 0.2) is 24.3 Å². The van der Waals surface area contributed by atoms with Gasteiger partial charge in [-0.05, 0) is 51.8 Å². The van der Waals surface area contributed by atoms with Crippen molar-refractivity contribution in [1.82, 2.24) is 5.32 Å². The third-order valence-corrected chi connectivity index (χ3v) is 3.43. The summed E-state index contributed by atoms with van der Waals surface area (Å²) >= 11 is 0. The van der Waals surface area contributed by atoms with Gasteiger partial charge in [0.25, 0.3) is 0 Å². The number of aliphatic hydroxyl groups excluding tert-OH is 1. The molecule has 1 aromatic carbocycles. The first-order valence-electron chi connectivity index (χ1n) is 6.59. The van der Waals surface area contributed by atoms with E-state index >= 15 is 0 Å². The summed E-state index contributed by atoms with van der Waals surface area (Å²) in [6, 6.07) is 8.06. The van der Waals surface area contributed by atoms with Crippen LogP contribution in [0.25, 0.3) is 0 Å². The van der Waals surface area contributed by atoms with Gasteiger partial charge in [0.1, 0.15) is 5.75 Å². The average molecular weight is 251 g/mol. The second kappa shape index (κ2) is 7.39. The third kappa shape index (κ3) is 4.67. The summed E-state index contributed by atoms with van der Waals surface area (Å²) in [5.41, 5.74) is 1.01. The van der Waals surface area contributed by atoms with Crippen LogP contribution in [0.5, 0.6) is 5.75 Å². The lowest BCUT2D eigenvalue weighted by atomic mass is 9.96. The van der Waals surface area contributed by atoms with Gasteiger partial charge in [-0.1, -0.05) is 18.2 Å². The summed E-state index contributed by atoms with van der Waals surface area (Å²) in [6.07, 6.45) is 3.01. The number of aliphatic hydroxyl groups is 1. The van der Waals surface area contributed by atoms with E-state index in [9.17, 15) is 5.11 Å². The first kappa shape index (κ1) is 15.0. The van der Waals surface area contributed by atoms with E-state index in [1.807, 2.05) is 32.2 Å². The fourth-order valence-electron chi connectivity index (χ4n) is 1.80. The summed E-state index contributed by atoms with van der Waals surface area (Å²) in [5.74, 6) is 0.969. The largest absolute Gasteiger partial charge is 0.493 e. The lowest BCUT2D eigenvalue weighted by molar-refractivity contribution is 0.168. The zero-order valence-corrected chi connectivity index (χ0v) is 11.7. The van der Waals surface area contributed by atoms with Gasteiger partial charge >= 0.3 is 0 Å². The molecule has 0 saturated carbocycles. The molecule has 1 atom stereocenters. The number of likely N-dealkylation sites (N-methyl/N-ethyl adjacent to an activating group) is 1. The fourth-order valence-corrected chi connectivity index (χ4v) is 1.80. The second-order valence-corrected chi connectivity index (χ2v) is 5.04. The SMILES string of the molecule is CNC(C)(CO)CCCCOc1ccccc1C. The Balaban J connectivity index is 2.22. The Morgan fingerprint density at radius 3 is 2.61 bits per heavy atom. The van der Waals surface area contributed by atoms with E-state index in [0.717, 1.165) is 31.6 Å². The first-order chi connectivity index (χ1) is 8.61. The number of hydrogen-bond acceptors (Lipinski definition) is 3. The van der Waals surface area contributed by atoms with Crippen LogP contribution in [0, 0.1) is 6.92 Å². The maximum Gasteiger partial charge on any atom is 0.122 e. The third-order valence-electron chi connectivity index (χ3n) is 3.43. The van der Waals surface area contributed by atoms with Crippen molar-refractivity contribution < 1.29 is 9.84 Å². The number of para-hydroxylation sites is 1. The van der Waals surface area contributed by atoms with Crippen molar-refractivity contribution in [1.29, 1.82) is 0 Å². The molecule has 102 valence electrons. The minimum atomic E-state index is -0.164. The number of unbranched alkanes of at least 4 members (excludes halogenated alkanes) is 1. The van der Waals surface area contributed by atoms with Crippen molar-refractivity contribution in [3.05, 3.63) is 29.8 Å². The molecule has 2 N–H and O–H groups in total. The second-order valence-electron chi connectivity index (χ2n) is 5.04. The highest BCUT2D eigenvalue weighted by Gasteiger charge is 2.19. The van der Waals surface area contributed by atoms with Gasteiger partial charge in [-0.3, -0.25) is 0 Å². The molecule has 0 saturated heterocycles. The van der Waals surface area contributed by atoms with Crippen LogP contribution in [0.1, 0.15) is 31.7 Å². The fraction of sp³-hybridized carbons (Fsp3) is 0.600. The van der Waals surface area contributed by atoms with Gasteiger partial charge in [0.05, 0.1) is 13.2 Å². The molecule has 1 rings (SSSR count). The van der Waals surface area contributed by atoms with Crippen molar-refractivity contribution in [3.63, 3.8) is 0 Å². The van der Waals surface area contributed by atoms with Gasteiger partial charge in [-0.25, -0.2) is 0 Å². The molecule has 1 aromatic rings. The Kier molecular flexibility index (Phi) is 6.16. The van der Waals surface area contributed by atoms with Gasteiger partial charge < -0.3 is 15.2 Å². The number of hydrogen-bond donors (Lipinski definition) is 2. The summed E-state index contributed by atoms with van der Waals surface area (Å²) < 4.78 is 5.74. The molecule has 18 heavy (non-hydrogen) atoms. The van der Waals surface area contributed by atoms with Crippen LogP contribution in [0.3, 0.4) is 0 Å². The van der Waals surface area contributed by atoms with E-state index in [0.29, 0.717) is 0 Å². The zero-order valence-electron chi connectivity index (χ0n) is 11.7. The lowest BCUT2D eigenvalue weighted by Crippen LogP contribution is -2.43. The van der Waals surface area contributed by atoms with Crippen LogP contribution >= 0.6 is 0 Å². The van der Waals surface area contributed by atoms with Gasteiger partial charge in [0, 0.05) is 5.54 Å². The monoisotopic (exact) mass is 251 g/mol. The molecule has 0 aliphatic heterocycles. The highest BCUT2D eigenvalue weighted by atomic mass is 16.5. The molecule has 0 aliphatic carbocycles. The Morgan fingerprint density at radius 1 is 1.28 bits per heavy atom. The number of ether oxygens (including phenoxy) is 1.